The van der Waals surface area contributed by atoms with Crippen LogP contribution in [0.15, 0.2) is 37.0 Å². The van der Waals surface area contributed by atoms with Gasteiger partial charge in [-0.3, -0.25) is 4.79 Å². The fourth-order valence-electron chi connectivity index (χ4n) is 1.62. The molecule has 1 rings (SSSR count). The van der Waals surface area contributed by atoms with Gasteiger partial charge in [-0.05, 0) is 18.4 Å². The molecule has 0 N–H and O–H groups in total. The van der Waals surface area contributed by atoms with Crippen molar-refractivity contribution in [3.8, 4) is 0 Å². The smallest absolute Gasteiger partial charge is 0.210 e. The second kappa shape index (κ2) is 4.65. The third kappa shape index (κ3) is 2.31. The molecule has 1 aliphatic heterocycles. The van der Waals surface area contributed by atoms with Crippen LogP contribution in [0.4, 0.5) is 0 Å². The van der Waals surface area contributed by atoms with E-state index in [1.165, 1.54) is 0 Å². The third-order valence-electron chi connectivity index (χ3n) is 2.30. The topological polar surface area (TPSA) is 20.3 Å². The standard InChI is InChI=1S/C11H15NO/c1-3-4-6-10(2)11-7-5-8-12(11)9-13/h3-4,6,9,11H,1-2,5,7-8H2/b6-4-. The largest absolute Gasteiger partial charge is 0.338 e. The van der Waals surface area contributed by atoms with Crippen molar-refractivity contribution in [3.05, 3.63) is 37.0 Å². The van der Waals surface area contributed by atoms with Crippen molar-refractivity contribution in [2.45, 2.75) is 18.9 Å². The summed E-state index contributed by atoms with van der Waals surface area (Å²) in [6, 6.07) is 0.202. The molecule has 70 valence electrons. The number of likely N-dealkylation sites (tertiary alicyclic amines) is 1. The molecule has 0 saturated carbocycles. The van der Waals surface area contributed by atoms with Crippen LogP contribution in [-0.2, 0) is 4.79 Å². The highest BCUT2D eigenvalue weighted by atomic mass is 16.1. The third-order valence-corrected chi connectivity index (χ3v) is 2.30. The van der Waals surface area contributed by atoms with Crippen molar-refractivity contribution in [2.24, 2.45) is 0 Å². The molecule has 0 aliphatic carbocycles. The predicted octanol–water partition coefficient (Wildman–Crippen LogP) is 1.91. The summed E-state index contributed by atoms with van der Waals surface area (Å²) in [5, 5.41) is 0. The Bertz CT molecular complexity index is 242. The lowest BCUT2D eigenvalue weighted by Crippen LogP contribution is -2.28. The van der Waals surface area contributed by atoms with E-state index in [1.54, 1.807) is 11.0 Å². The number of hydrogen-bond acceptors (Lipinski definition) is 1. The molecule has 1 unspecified atom stereocenters. The van der Waals surface area contributed by atoms with Gasteiger partial charge in [-0.25, -0.2) is 0 Å². The van der Waals surface area contributed by atoms with E-state index >= 15 is 0 Å². The fraction of sp³-hybridized carbons (Fsp3) is 0.364. The second-order valence-corrected chi connectivity index (χ2v) is 3.17. The number of allylic oxidation sites excluding steroid dienone is 2. The number of rotatable bonds is 4. The van der Waals surface area contributed by atoms with Gasteiger partial charge in [-0.15, -0.1) is 0 Å². The molecule has 0 radical (unpaired) electrons. The summed E-state index contributed by atoms with van der Waals surface area (Å²) >= 11 is 0. The van der Waals surface area contributed by atoms with Crippen LogP contribution in [-0.4, -0.2) is 23.9 Å². The van der Waals surface area contributed by atoms with Gasteiger partial charge < -0.3 is 4.90 Å². The Labute approximate surface area is 79.2 Å². The highest BCUT2D eigenvalue weighted by Crippen LogP contribution is 2.21. The minimum atomic E-state index is 0.202. The predicted molar refractivity (Wildman–Crippen MR) is 54.3 cm³/mol. The quantitative estimate of drug-likeness (QED) is 0.474. The molecule has 2 nitrogen and oxygen atoms in total. The molecule has 0 aromatic carbocycles. The Kier molecular flexibility index (Phi) is 3.50. The molecule has 0 aromatic rings. The molecule has 2 heteroatoms. The molecule has 0 spiro atoms. The molecule has 1 fully saturated rings. The van der Waals surface area contributed by atoms with Gasteiger partial charge in [0.1, 0.15) is 0 Å². The lowest BCUT2D eigenvalue weighted by Gasteiger charge is -2.19. The fourth-order valence-corrected chi connectivity index (χ4v) is 1.62. The molecule has 1 amide bonds. The van der Waals surface area contributed by atoms with Crippen molar-refractivity contribution in [3.63, 3.8) is 0 Å². The van der Waals surface area contributed by atoms with Gasteiger partial charge in [0.2, 0.25) is 6.41 Å². The number of carbonyl (C=O) groups is 1. The monoisotopic (exact) mass is 177 g/mol. The first-order valence-corrected chi connectivity index (χ1v) is 4.48. The highest BCUT2D eigenvalue weighted by molar-refractivity contribution is 5.50. The summed E-state index contributed by atoms with van der Waals surface area (Å²) in [6.07, 6.45) is 8.49. The first kappa shape index (κ1) is 9.78. The van der Waals surface area contributed by atoms with Gasteiger partial charge in [0.25, 0.3) is 0 Å². The van der Waals surface area contributed by atoms with Gasteiger partial charge in [0.15, 0.2) is 0 Å². The van der Waals surface area contributed by atoms with Crippen LogP contribution in [0.25, 0.3) is 0 Å². The molecule has 1 saturated heterocycles. The zero-order chi connectivity index (χ0) is 9.68. The van der Waals surface area contributed by atoms with Crippen LogP contribution in [0, 0.1) is 0 Å². The van der Waals surface area contributed by atoms with Crippen molar-refractivity contribution in [1.29, 1.82) is 0 Å². The van der Waals surface area contributed by atoms with Crippen molar-refractivity contribution >= 4 is 6.41 Å². The summed E-state index contributed by atoms with van der Waals surface area (Å²) in [4.78, 5) is 12.4. The van der Waals surface area contributed by atoms with Crippen molar-refractivity contribution < 1.29 is 4.79 Å². The first-order valence-electron chi connectivity index (χ1n) is 4.48. The van der Waals surface area contributed by atoms with Crippen LogP contribution in [0.5, 0.6) is 0 Å². The van der Waals surface area contributed by atoms with Gasteiger partial charge in [-0.2, -0.15) is 0 Å². The minimum Gasteiger partial charge on any atom is -0.338 e. The normalized spacial score (nSPS) is 22.2. The molecule has 0 aromatic heterocycles. The number of hydrogen-bond donors (Lipinski definition) is 0. The van der Waals surface area contributed by atoms with Gasteiger partial charge in [0, 0.05) is 6.54 Å². The van der Waals surface area contributed by atoms with E-state index < -0.39 is 0 Å². The summed E-state index contributed by atoms with van der Waals surface area (Å²) in [7, 11) is 0. The number of amides is 1. The van der Waals surface area contributed by atoms with E-state index in [0.717, 1.165) is 31.4 Å². The molecular formula is C11H15NO. The highest BCUT2D eigenvalue weighted by Gasteiger charge is 2.23. The Morgan fingerprint density at radius 1 is 1.54 bits per heavy atom. The summed E-state index contributed by atoms with van der Waals surface area (Å²) < 4.78 is 0. The van der Waals surface area contributed by atoms with Gasteiger partial charge in [0.05, 0.1) is 6.04 Å². The van der Waals surface area contributed by atoms with E-state index in [2.05, 4.69) is 13.2 Å². The zero-order valence-electron chi connectivity index (χ0n) is 7.78. The van der Waals surface area contributed by atoms with Crippen LogP contribution in [0.3, 0.4) is 0 Å². The van der Waals surface area contributed by atoms with Gasteiger partial charge >= 0.3 is 0 Å². The van der Waals surface area contributed by atoms with E-state index in [1.807, 2.05) is 12.2 Å². The Balaban J connectivity index is 2.59. The minimum absolute atomic E-state index is 0.202. The number of carbonyl (C=O) groups excluding carboxylic acids is 1. The maximum atomic E-state index is 10.6. The van der Waals surface area contributed by atoms with Crippen LogP contribution in [0.2, 0.25) is 0 Å². The van der Waals surface area contributed by atoms with Crippen molar-refractivity contribution in [1.82, 2.24) is 4.90 Å². The zero-order valence-corrected chi connectivity index (χ0v) is 7.78. The van der Waals surface area contributed by atoms with Crippen LogP contribution >= 0.6 is 0 Å². The maximum absolute atomic E-state index is 10.6. The Morgan fingerprint density at radius 2 is 2.31 bits per heavy atom. The molecule has 13 heavy (non-hydrogen) atoms. The average molecular weight is 177 g/mol. The molecule has 1 heterocycles. The van der Waals surface area contributed by atoms with Crippen LogP contribution < -0.4 is 0 Å². The lowest BCUT2D eigenvalue weighted by atomic mass is 10.1. The first-order chi connectivity index (χ1) is 6.29. The van der Waals surface area contributed by atoms with E-state index in [-0.39, 0.29) is 6.04 Å². The summed E-state index contributed by atoms with van der Waals surface area (Å²) in [5.74, 6) is 0. The molecule has 0 bridgehead atoms. The Hall–Kier alpha value is -1.31. The van der Waals surface area contributed by atoms with Crippen LogP contribution in [0.1, 0.15) is 12.8 Å². The SMILES string of the molecule is C=C/C=C\C(=C)C1CCCN1C=O. The van der Waals surface area contributed by atoms with E-state index in [9.17, 15) is 4.79 Å². The Morgan fingerprint density at radius 3 is 2.92 bits per heavy atom. The van der Waals surface area contributed by atoms with Gasteiger partial charge in [-0.1, -0.05) is 31.4 Å². The van der Waals surface area contributed by atoms with Crippen molar-refractivity contribution in [2.75, 3.05) is 6.54 Å². The number of nitrogens with zero attached hydrogens (tertiary/aromatic N) is 1. The van der Waals surface area contributed by atoms with E-state index in [4.69, 9.17) is 0 Å². The average Bonchev–Trinajstić information content (AvgIpc) is 2.61. The maximum Gasteiger partial charge on any atom is 0.210 e. The molecule has 1 aliphatic rings. The summed E-state index contributed by atoms with van der Waals surface area (Å²) in [6.45, 7) is 8.38. The molecular weight excluding hydrogens is 162 g/mol. The summed E-state index contributed by atoms with van der Waals surface area (Å²) in [5.41, 5.74) is 0.990. The molecule has 1 atom stereocenters. The van der Waals surface area contributed by atoms with E-state index in [0.29, 0.717) is 0 Å². The second-order valence-electron chi connectivity index (χ2n) is 3.17. The lowest BCUT2D eigenvalue weighted by molar-refractivity contribution is -0.118.